The van der Waals surface area contributed by atoms with Crippen LogP contribution in [0.1, 0.15) is 37.0 Å². The largest absolute Gasteiger partial charge is 0.349 e. The van der Waals surface area contributed by atoms with Crippen LogP contribution in [0.5, 0.6) is 0 Å². The Morgan fingerprint density at radius 2 is 2.05 bits per heavy atom. The van der Waals surface area contributed by atoms with Crippen LogP contribution in [0.2, 0.25) is 0 Å². The summed E-state index contributed by atoms with van der Waals surface area (Å²) in [7, 11) is 0. The molecule has 1 fully saturated rings. The second-order valence-electron chi connectivity index (χ2n) is 5.59. The molecule has 0 aromatic carbocycles. The van der Waals surface area contributed by atoms with Crippen LogP contribution in [0.3, 0.4) is 0 Å². The lowest BCUT2D eigenvalue weighted by Gasteiger charge is -2.33. The van der Waals surface area contributed by atoms with Gasteiger partial charge in [-0.2, -0.15) is 0 Å². The number of nitrogens with zero attached hydrogens (tertiary/aromatic N) is 2. The third-order valence-electron chi connectivity index (χ3n) is 3.62. The molecule has 0 aliphatic carbocycles. The van der Waals surface area contributed by atoms with Gasteiger partial charge in [-0.25, -0.2) is 4.98 Å². The van der Waals surface area contributed by atoms with Crippen LogP contribution < -0.4 is 5.32 Å². The van der Waals surface area contributed by atoms with Gasteiger partial charge in [0.15, 0.2) is 0 Å². The molecular formula is C15H20BrN3O2. The molecule has 2 heterocycles. The van der Waals surface area contributed by atoms with Crippen molar-refractivity contribution >= 4 is 27.7 Å². The molecule has 0 unspecified atom stereocenters. The summed E-state index contributed by atoms with van der Waals surface area (Å²) in [6.45, 7) is 5.25. The summed E-state index contributed by atoms with van der Waals surface area (Å²) in [5, 5.41) is 3.03. The molecule has 2 amide bonds. The number of likely N-dealkylation sites (tertiary alicyclic amines) is 1. The van der Waals surface area contributed by atoms with Crippen LogP contribution in [0, 0.1) is 5.92 Å². The summed E-state index contributed by atoms with van der Waals surface area (Å²) in [5.41, 5.74) is 0.595. The highest BCUT2D eigenvalue weighted by atomic mass is 79.9. The molecule has 0 bridgehead atoms. The molecule has 6 heteroatoms. The van der Waals surface area contributed by atoms with Crippen LogP contribution in [0.15, 0.2) is 22.9 Å². The maximum Gasteiger partial charge on any atom is 0.251 e. The third-order valence-corrected chi connectivity index (χ3v) is 4.06. The number of carbonyl (C=O) groups is 2. The summed E-state index contributed by atoms with van der Waals surface area (Å²) < 4.78 is 0.646. The quantitative estimate of drug-likeness (QED) is 0.847. The third kappa shape index (κ3) is 4.27. The normalized spacial score (nSPS) is 16.1. The van der Waals surface area contributed by atoms with E-state index < -0.39 is 0 Å². The van der Waals surface area contributed by atoms with Crippen LogP contribution in [-0.2, 0) is 4.79 Å². The van der Waals surface area contributed by atoms with Gasteiger partial charge >= 0.3 is 0 Å². The van der Waals surface area contributed by atoms with E-state index in [2.05, 4.69) is 26.2 Å². The molecular weight excluding hydrogens is 334 g/mol. The summed E-state index contributed by atoms with van der Waals surface area (Å²) in [6.07, 6.45) is 3.20. The topological polar surface area (TPSA) is 62.3 Å². The minimum absolute atomic E-state index is 0.0327. The lowest BCUT2D eigenvalue weighted by Crippen LogP contribution is -2.47. The van der Waals surface area contributed by atoms with Gasteiger partial charge in [0.1, 0.15) is 4.60 Å². The van der Waals surface area contributed by atoms with Crippen molar-refractivity contribution in [2.24, 2.45) is 5.92 Å². The number of amides is 2. The Labute approximate surface area is 133 Å². The number of hydrogen-bond donors (Lipinski definition) is 1. The molecule has 1 aromatic heterocycles. The molecule has 0 saturated carbocycles. The standard InChI is InChI=1S/C15H20BrN3O2/c1-10(2)15(21)19-7-4-12(5-8-19)18-14(20)11-3-6-17-13(16)9-11/h3,6,9-10,12H,4-5,7-8H2,1-2H3,(H,18,20). The molecule has 114 valence electrons. The van der Waals surface area contributed by atoms with Crippen LogP contribution in [-0.4, -0.2) is 40.8 Å². The first kappa shape index (κ1) is 15.9. The number of carbonyl (C=O) groups excluding carboxylic acids is 2. The average molecular weight is 354 g/mol. The predicted molar refractivity (Wildman–Crippen MR) is 83.8 cm³/mol. The van der Waals surface area contributed by atoms with E-state index in [4.69, 9.17) is 0 Å². The second kappa shape index (κ2) is 7.02. The van der Waals surface area contributed by atoms with Crippen molar-refractivity contribution < 1.29 is 9.59 Å². The first-order chi connectivity index (χ1) is 9.97. The van der Waals surface area contributed by atoms with Crippen molar-refractivity contribution in [2.45, 2.75) is 32.7 Å². The van der Waals surface area contributed by atoms with Gasteiger partial charge in [0, 0.05) is 36.8 Å². The van der Waals surface area contributed by atoms with Gasteiger partial charge in [-0.15, -0.1) is 0 Å². The number of rotatable bonds is 3. The maximum atomic E-state index is 12.1. The predicted octanol–water partition coefficient (Wildman–Crippen LogP) is 2.22. The highest BCUT2D eigenvalue weighted by Crippen LogP contribution is 2.14. The SMILES string of the molecule is CC(C)C(=O)N1CCC(NC(=O)c2ccnc(Br)c2)CC1. The summed E-state index contributed by atoms with van der Waals surface area (Å²) in [4.78, 5) is 30.0. The number of piperidine rings is 1. The molecule has 0 spiro atoms. The fourth-order valence-corrected chi connectivity index (χ4v) is 2.79. The van der Waals surface area contributed by atoms with Gasteiger partial charge in [0.05, 0.1) is 0 Å². The second-order valence-corrected chi connectivity index (χ2v) is 6.41. The number of hydrogen-bond acceptors (Lipinski definition) is 3. The van der Waals surface area contributed by atoms with Gasteiger partial charge in [0.25, 0.3) is 5.91 Å². The van der Waals surface area contributed by atoms with E-state index >= 15 is 0 Å². The van der Waals surface area contributed by atoms with Crippen molar-refractivity contribution in [1.29, 1.82) is 0 Å². The number of nitrogens with one attached hydrogen (secondary N) is 1. The molecule has 1 aliphatic rings. The van der Waals surface area contributed by atoms with Gasteiger partial charge in [-0.3, -0.25) is 9.59 Å². The highest BCUT2D eigenvalue weighted by Gasteiger charge is 2.25. The van der Waals surface area contributed by atoms with Crippen molar-refractivity contribution in [3.8, 4) is 0 Å². The minimum Gasteiger partial charge on any atom is -0.349 e. The molecule has 5 nitrogen and oxygen atoms in total. The van der Waals surface area contributed by atoms with Crippen LogP contribution in [0.25, 0.3) is 0 Å². The van der Waals surface area contributed by atoms with E-state index in [0.29, 0.717) is 23.3 Å². The molecule has 2 rings (SSSR count). The molecule has 1 aromatic rings. The molecule has 0 atom stereocenters. The number of pyridine rings is 1. The fourth-order valence-electron chi connectivity index (χ4n) is 2.42. The lowest BCUT2D eigenvalue weighted by molar-refractivity contribution is -0.135. The zero-order valence-corrected chi connectivity index (χ0v) is 13.9. The van der Waals surface area contributed by atoms with E-state index in [0.717, 1.165) is 12.8 Å². The smallest absolute Gasteiger partial charge is 0.251 e. The van der Waals surface area contributed by atoms with E-state index in [1.165, 1.54) is 0 Å². The summed E-state index contributed by atoms with van der Waals surface area (Å²) in [6, 6.07) is 3.52. The van der Waals surface area contributed by atoms with Gasteiger partial charge < -0.3 is 10.2 Å². The Morgan fingerprint density at radius 1 is 1.38 bits per heavy atom. The molecule has 1 aliphatic heterocycles. The van der Waals surface area contributed by atoms with Gasteiger partial charge in [-0.05, 0) is 40.9 Å². The van der Waals surface area contributed by atoms with Crippen molar-refractivity contribution in [2.75, 3.05) is 13.1 Å². The van der Waals surface area contributed by atoms with Gasteiger partial charge in [0.2, 0.25) is 5.91 Å². The first-order valence-corrected chi connectivity index (χ1v) is 7.98. The molecule has 21 heavy (non-hydrogen) atoms. The van der Waals surface area contributed by atoms with Crippen LogP contribution in [0.4, 0.5) is 0 Å². The Bertz CT molecular complexity index is 525. The Hall–Kier alpha value is -1.43. The number of aromatic nitrogens is 1. The van der Waals surface area contributed by atoms with Crippen molar-refractivity contribution in [1.82, 2.24) is 15.2 Å². The first-order valence-electron chi connectivity index (χ1n) is 7.18. The summed E-state index contributed by atoms with van der Waals surface area (Å²) in [5.74, 6) is 0.134. The van der Waals surface area contributed by atoms with E-state index in [1.54, 1.807) is 18.3 Å². The van der Waals surface area contributed by atoms with Gasteiger partial charge in [-0.1, -0.05) is 13.8 Å². The Balaban J connectivity index is 1.86. The van der Waals surface area contributed by atoms with E-state index in [1.807, 2.05) is 18.7 Å². The fraction of sp³-hybridized carbons (Fsp3) is 0.533. The highest BCUT2D eigenvalue weighted by molar-refractivity contribution is 9.10. The lowest BCUT2D eigenvalue weighted by atomic mass is 10.0. The zero-order valence-electron chi connectivity index (χ0n) is 12.3. The van der Waals surface area contributed by atoms with E-state index in [-0.39, 0.29) is 23.8 Å². The molecule has 0 radical (unpaired) electrons. The van der Waals surface area contributed by atoms with Crippen molar-refractivity contribution in [3.05, 3.63) is 28.5 Å². The monoisotopic (exact) mass is 353 g/mol. The molecule has 1 saturated heterocycles. The Morgan fingerprint density at radius 3 is 2.62 bits per heavy atom. The molecule has 1 N–H and O–H groups in total. The average Bonchev–Trinajstić information content (AvgIpc) is 2.47. The van der Waals surface area contributed by atoms with Crippen LogP contribution >= 0.6 is 15.9 Å². The Kier molecular flexibility index (Phi) is 5.33. The maximum absolute atomic E-state index is 12.1. The summed E-state index contributed by atoms with van der Waals surface area (Å²) >= 11 is 3.26. The minimum atomic E-state index is -0.0910. The van der Waals surface area contributed by atoms with Crippen molar-refractivity contribution in [3.63, 3.8) is 0 Å². The van der Waals surface area contributed by atoms with E-state index in [9.17, 15) is 9.59 Å². The zero-order chi connectivity index (χ0) is 15.4. The number of halogens is 1.